The number of carboxylic acid groups (broad SMARTS) is 1. The Hall–Kier alpha value is -1.30. The minimum Gasteiger partial charge on any atom is -0.481 e. The molecule has 1 heterocycles. The first-order valence-corrected chi connectivity index (χ1v) is 6.91. The highest BCUT2D eigenvalue weighted by atomic mass is 16.5. The van der Waals surface area contributed by atoms with Crippen LogP contribution in [0.4, 0.5) is 4.79 Å². The van der Waals surface area contributed by atoms with E-state index < -0.39 is 5.97 Å². The SMILES string of the molecule is CN(C(=O)NCC1CCCC1C(=O)O)C1CCOC1. The zero-order valence-corrected chi connectivity index (χ0v) is 11.3. The number of nitrogens with one attached hydrogen (secondary N) is 1. The van der Waals surface area contributed by atoms with Crippen LogP contribution in [0.1, 0.15) is 25.7 Å². The number of hydrogen-bond acceptors (Lipinski definition) is 3. The van der Waals surface area contributed by atoms with Crippen molar-refractivity contribution in [1.29, 1.82) is 0 Å². The van der Waals surface area contributed by atoms with Crippen LogP contribution < -0.4 is 5.32 Å². The van der Waals surface area contributed by atoms with E-state index in [1.54, 1.807) is 11.9 Å². The molecule has 0 aromatic carbocycles. The number of nitrogens with zero attached hydrogens (tertiary/aromatic N) is 1. The monoisotopic (exact) mass is 270 g/mol. The molecule has 1 saturated carbocycles. The molecule has 1 aliphatic carbocycles. The molecular weight excluding hydrogens is 248 g/mol. The maximum absolute atomic E-state index is 12.0. The summed E-state index contributed by atoms with van der Waals surface area (Å²) in [6.45, 7) is 1.74. The number of amides is 2. The summed E-state index contributed by atoms with van der Waals surface area (Å²) >= 11 is 0. The molecule has 0 spiro atoms. The Balaban J connectivity index is 1.78. The van der Waals surface area contributed by atoms with Gasteiger partial charge >= 0.3 is 12.0 Å². The van der Waals surface area contributed by atoms with Crippen LogP contribution in [-0.4, -0.2) is 54.9 Å². The molecule has 0 aromatic heterocycles. The normalized spacial score (nSPS) is 30.3. The van der Waals surface area contributed by atoms with E-state index in [0.717, 1.165) is 25.7 Å². The summed E-state index contributed by atoms with van der Waals surface area (Å²) in [4.78, 5) is 24.7. The molecular formula is C13H22N2O4. The van der Waals surface area contributed by atoms with Gasteiger partial charge in [-0.1, -0.05) is 6.42 Å². The molecule has 3 atom stereocenters. The number of carbonyl (C=O) groups is 2. The first kappa shape index (κ1) is 14.1. The van der Waals surface area contributed by atoms with Gasteiger partial charge in [-0.15, -0.1) is 0 Å². The second kappa shape index (κ2) is 6.23. The molecule has 0 aromatic rings. The fraction of sp³-hybridized carbons (Fsp3) is 0.846. The van der Waals surface area contributed by atoms with Crippen LogP contribution in [0, 0.1) is 11.8 Å². The number of carbonyl (C=O) groups excluding carboxylic acids is 1. The Morgan fingerprint density at radius 2 is 2.16 bits per heavy atom. The second-order valence-electron chi connectivity index (χ2n) is 5.45. The molecule has 0 radical (unpaired) electrons. The van der Waals surface area contributed by atoms with Crippen LogP contribution in [0.5, 0.6) is 0 Å². The minimum atomic E-state index is -0.741. The van der Waals surface area contributed by atoms with Crippen LogP contribution in [-0.2, 0) is 9.53 Å². The van der Waals surface area contributed by atoms with Gasteiger partial charge in [-0.05, 0) is 25.2 Å². The number of urea groups is 1. The molecule has 2 fully saturated rings. The molecule has 2 aliphatic rings. The fourth-order valence-electron chi connectivity index (χ4n) is 2.94. The van der Waals surface area contributed by atoms with Crippen molar-refractivity contribution in [1.82, 2.24) is 10.2 Å². The Morgan fingerprint density at radius 3 is 2.79 bits per heavy atom. The molecule has 2 rings (SSSR count). The predicted molar refractivity (Wildman–Crippen MR) is 68.9 cm³/mol. The summed E-state index contributed by atoms with van der Waals surface area (Å²) in [5.74, 6) is -0.982. The number of ether oxygens (including phenoxy) is 1. The molecule has 1 aliphatic heterocycles. The molecule has 2 amide bonds. The van der Waals surface area contributed by atoms with Crippen LogP contribution in [0.2, 0.25) is 0 Å². The van der Waals surface area contributed by atoms with E-state index in [9.17, 15) is 9.59 Å². The molecule has 3 unspecified atom stereocenters. The lowest BCUT2D eigenvalue weighted by Crippen LogP contribution is -2.45. The van der Waals surface area contributed by atoms with Crippen molar-refractivity contribution in [3.8, 4) is 0 Å². The third kappa shape index (κ3) is 3.37. The number of rotatable bonds is 4. The molecule has 19 heavy (non-hydrogen) atoms. The first-order chi connectivity index (χ1) is 9.09. The van der Waals surface area contributed by atoms with Crippen LogP contribution in [0.3, 0.4) is 0 Å². The van der Waals surface area contributed by atoms with Gasteiger partial charge in [0.25, 0.3) is 0 Å². The van der Waals surface area contributed by atoms with Gasteiger partial charge in [-0.25, -0.2) is 4.79 Å². The number of likely N-dealkylation sites (N-methyl/N-ethyl adjacent to an activating group) is 1. The number of hydrogen-bond donors (Lipinski definition) is 2. The molecule has 0 bridgehead atoms. The summed E-state index contributed by atoms with van der Waals surface area (Å²) in [5, 5.41) is 11.9. The van der Waals surface area contributed by atoms with E-state index in [-0.39, 0.29) is 23.9 Å². The lowest BCUT2D eigenvalue weighted by Gasteiger charge is -2.25. The van der Waals surface area contributed by atoms with Crippen molar-refractivity contribution in [2.45, 2.75) is 31.7 Å². The zero-order valence-electron chi connectivity index (χ0n) is 11.3. The van der Waals surface area contributed by atoms with Crippen molar-refractivity contribution in [2.75, 3.05) is 26.8 Å². The van der Waals surface area contributed by atoms with Crippen molar-refractivity contribution < 1.29 is 19.4 Å². The average molecular weight is 270 g/mol. The largest absolute Gasteiger partial charge is 0.481 e. The maximum atomic E-state index is 12.0. The molecule has 6 nitrogen and oxygen atoms in total. The number of aliphatic carboxylic acids is 1. The highest BCUT2D eigenvalue weighted by molar-refractivity contribution is 5.74. The smallest absolute Gasteiger partial charge is 0.317 e. The van der Waals surface area contributed by atoms with Crippen LogP contribution in [0.25, 0.3) is 0 Å². The highest BCUT2D eigenvalue weighted by Gasteiger charge is 2.33. The fourth-order valence-corrected chi connectivity index (χ4v) is 2.94. The summed E-state index contributed by atoms with van der Waals surface area (Å²) in [7, 11) is 1.76. The van der Waals surface area contributed by atoms with Gasteiger partial charge in [0.2, 0.25) is 0 Å². The number of carboxylic acids is 1. The van der Waals surface area contributed by atoms with E-state index in [2.05, 4.69) is 5.32 Å². The zero-order chi connectivity index (χ0) is 13.8. The molecule has 1 saturated heterocycles. The lowest BCUT2D eigenvalue weighted by atomic mass is 9.96. The van der Waals surface area contributed by atoms with Gasteiger partial charge in [0, 0.05) is 20.2 Å². The summed E-state index contributed by atoms with van der Waals surface area (Å²) in [5.41, 5.74) is 0. The molecule has 2 N–H and O–H groups in total. The first-order valence-electron chi connectivity index (χ1n) is 6.91. The second-order valence-corrected chi connectivity index (χ2v) is 5.45. The molecule has 6 heteroatoms. The van der Waals surface area contributed by atoms with Gasteiger partial charge in [0.15, 0.2) is 0 Å². The Morgan fingerprint density at radius 1 is 1.37 bits per heavy atom. The van der Waals surface area contributed by atoms with Crippen molar-refractivity contribution in [2.24, 2.45) is 11.8 Å². The van der Waals surface area contributed by atoms with Crippen LogP contribution in [0.15, 0.2) is 0 Å². The van der Waals surface area contributed by atoms with Crippen LogP contribution >= 0.6 is 0 Å². The predicted octanol–water partition coefficient (Wildman–Crippen LogP) is 0.918. The summed E-state index contributed by atoms with van der Waals surface area (Å²) in [6.07, 6.45) is 3.41. The van der Waals surface area contributed by atoms with Gasteiger partial charge in [-0.2, -0.15) is 0 Å². The van der Waals surface area contributed by atoms with Gasteiger partial charge < -0.3 is 20.1 Å². The minimum absolute atomic E-state index is 0.0645. The Labute approximate surface area is 113 Å². The Kier molecular flexibility index (Phi) is 4.63. The average Bonchev–Trinajstić information content (AvgIpc) is 3.05. The van der Waals surface area contributed by atoms with Crippen molar-refractivity contribution in [3.05, 3.63) is 0 Å². The summed E-state index contributed by atoms with van der Waals surface area (Å²) < 4.78 is 5.26. The van der Waals surface area contributed by atoms with Gasteiger partial charge in [0.05, 0.1) is 18.6 Å². The standard InChI is InChI=1S/C13H22N2O4/c1-15(10-5-6-19-8-10)13(18)14-7-9-3-2-4-11(9)12(16)17/h9-11H,2-8H2,1H3,(H,14,18)(H,16,17). The van der Waals surface area contributed by atoms with E-state index in [0.29, 0.717) is 19.8 Å². The third-order valence-corrected chi connectivity index (χ3v) is 4.27. The highest BCUT2D eigenvalue weighted by Crippen LogP contribution is 2.31. The van der Waals surface area contributed by atoms with Crippen molar-refractivity contribution in [3.63, 3.8) is 0 Å². The maximum Gasteiger partial charge on any atom is 0.317 e. The van der Waals surface area contributed by atoms with Crippen molar-refractivity contribution >= 4 is 12.0 Å². The van der Waals surface area contributed by atoms with Gasteiger partial charge in [0.1, 0.15) is 0 Å². The topological polar surface area (TPSA) is 78.9 Å². The van der Waals surface area contributed by atoms with Gasteiger partial charge in [-0.3, -0.25) is 4.79 Å². The van der Waals surface area contributed by atoms with E-state index in [1.807, 2.05) is 0 Å². The summed E-state index contributed by atoms with van der Waals surface area (Å²) in [6, 6.07) is 0.00499. The van der Waals surface area contributed by atoms with E-state index >= 15 is 0 Å². The third-order valence-electron chi connectivity index (χ3n) is 4.27. The van der Waals surface area contributed by atoms with E-state index in [4.69, 9.17) is 9.84 Å². The van der Waals surface area contributed by atoms with E-state index in [1.165, 1.54) is 0 Å². The quantitative estimate of drug-likeness (QED) is 0.796. The Bertz CT molecular complexity index is 342. The molecule has 108 valence electrons. The lowest BCUT2D eigenvalue weighted by molar-refractivity contribution is -0.142.